The van der Waals surface area contributed by atoms with Crippen LogP contribution in [-0.4, -0.2) is 22.4 Å². The largest absolute Gasteiger partial charge is 0.416 e. The van der Waals surface area contributed by atoms with E-state index >= 15 is 0 Å². The third kappa shape index (κ3) is 3.32. The number of nitro groups is 1. The van der Waals surface area contributed by atoms with E-state index in [0.717, 1.165) is 36.5 Å². The summed E-state index contributed by atoms with van der Waals surface area (Å²) in [7, 11) is -4.41. The van der Waals surface area contributed by atoms with Crippen LogP contribution in [-0.2, 0) is 22.8 Å². The molecule has 3 aromatic rings. The SMILES string of the molecule is O=[N+]([O-])c1cc(S(=O)(=O)n2cc(CO)c3cc(C(F)(F)F)ccc32)ccc1Cl. The Labute approximate surface area is 160 Å². The number of rotatable bonds is 4. The second-order valence-electron chi connectivity index (χ2n) is 5.71. The van der Waals surface area contributed by atoms with E-state index in [1.807, 2.05) is 0 Å². The van der Waals surface area contributed by atoms with Crippen LogP contribution in [0, 0.1) is 10.1 Å². The van der Waals surface area contributed by atoms with Crippen molar-refractivity contribution in [2.24, 2.45) is 0 Å². The fraction of sp³-hybridized carbons (Fsp3) is 0.125. The number of aliphatic hydroxyl groups is 1. The van der Waals surface area contributed by atoms with Gasteiger partial charge >= 0.3 is 6.18 Å². The Morgan fingerprint density at radius 2 is 1.86 bits per heavy atom. The van der Waals surface area contributed by atoms with Crippen LogP contribution in [0.4, 0.5) is 18.9 Å². The van der Waals surface area contributed by atoms with Crippen molar-refractivity contribution >= 4 is 38.2 Å². The maximum absolute atomic E-state index is 13.0. The summed E-state index contributed by atoms with van der Waals surface area (Å²) < 4.78 is 65.4. The molecular formula is C16H10ClF3N2O5S. The predicted octanol–water partition coefficient (Wildman–Crippen LogP) is 3.95. The Kier molecular flexibility index (Phi) is 4.86. The maximum atomic E-state index is 13.0. The molecule has 0 bridgehead atoms. The van der Waals surface area contributed by atoms with Crippen molar-refractivity contribution in [1.29, 1.82) is 0 Å². The quantitative estimate of drug-likeness (QED) is 0.494. The molecule has 0 unspecified atom stereocenters. The number of aromatic nitrogens is 1. The summed E-state index contributed by atoms with van der Waals surface area (Å²) in [5, 5.41) is 20.1. The lowest BCUT2D eigenvalue weighted by atomic mass is 10.1. The molecule has 0 atom stereocenters. The molecule has 2 aromatic carbocycles. The molecule has 0 aliphatic rings. The summed E-state index contributed by atoms with van der Waals surface area (Å²) in [6.07, 6.45) is -3.68. The van der Waals surface area contributed by atoms with Gasteiger partial charge in [0.2, 0.25) is 0 Å². The molecule has 1 aromatic heterocycles. The minimum absolute atomic E-state index is 0.0480. The minimum Gasteiger partial charge on any atom is -0.392 e. The first-order valence-electron chi connectivity index (χ1n) is 7.48. The minimum atomic E-state index is -4.65. The predicted molar refractivity (Wildman–Crippen MR) is 93.6 cm³/mol. The van der Waals surface area contributed by atoms with Crippen LogP contribution in [0.5, 0.6) is 0 Å². The van der Waals surface area contributed by atoms with E-state index in [2.05, 4.69) is 0 Å². The molecule has 0 radical (unpaired) electrons. The maximum Gasteiger partial charge on any atom is 0.416 e. The molecule has 0 fully saturated rings. The van der Waals surface area contributed by atoms with Gasteiger partial charge < -0.3 is 5.11 Å². The van der Waals surface area contributed by atoms with Gasteiger partial charge in [0, 0.05) is 23.2 Å². The molecule has 0 aliphatic heterocycles. The van der Waals surface area contributed by atoms with Crippen LogP contribution in [0.1, 0.15) is 11.1 Å². The Balaban J connectivity index is 2.26. The molecule has 7 nitrogen and oxygen atoms in total. The number of hydrogen-bond acceptors (Lipinski definition) is 5. The average molecular weight is 435 g/mol. The highest BCUT2D eigenvalue weighted by Gasteiger charge is 2.32. The van der Waals surface area contributed by atoms with Gasteiger partial charge in [-0.25, -0.2) is 12.4 Å². The molecule has 0 amide bonds. The lowest BCUT2D eigenvalue weighted by molar-refractivity contribution is -0.384. The normalized spacial score (nSPS) is 12.5. The molecule has 0 saturated heterocycles. The zero-order chi connectivity index (χ0) is 20.9. The van der Waals surface area contributed by atoms with Crippen LogP contribution in [0.2, 0.25) is 5.02 Å². The van der Waals surface area contributed by atoms with Gasteiger partial charge in [0.05, 0.1) is 27.5 Å². The van der Waals surface area contributed by atoms with E-state index in [4.69, 9.17) is 11.6 Å². The number of benzene rings is 2. The molecule has 0 spiro atoms. The molecule has 148 valence electrons. The number of aliphatic hydroxyl groups excluding tert-OH is 1. The first-order chi connectivity index (χ1) is 13.0. The summed E-state index contributed by atoms with van der Waals surface area (Å²) in [6, 6.07) is 5.23. The number of alkyl halides is 3. The van der Waals surface area contributed by atoms with Crippen molar-refractivity contribution in [3.63, 3.8) is 0 Å². The van der Waals surface area contributed by atoms with E-state index in [0.29, 0.717) is 10.0 Å². The number of fused-ring (bicyclic) bond motifs is 1. The Morgan fingerprint density at radius 1 is 1.18 bits per heavy atom. The zero-order valence-electron chi connectivity index (χ0n) is 13.6. The molecule has 12 heteroatoms. The Morgan fingerprint density at radius 3 is 2.43 bits per heavy atom. The summed E-state index contributed by atoms with van der Waals surface area (Å²) in [6.45, 7) is -0.707. The molecule has 1 N–H and O–H groups in total. The van der Waals surface area contributed by atoms with Gasteiger partial charge in [-0.05, 0) is 30.3 Å². The first kappa shape index (κ1) is 20.1. The summed E-state index contributed by atoms with van der Waals surface area (Å²) in [5.41, 5.74) is -1.81. The van der Waals surface area contributed by atoms with Gasteiger partial charge in [-0.3, -0.25) is 10.1 Å². The van der Waals surface area contributed by atoms with E-state index in [9.17, 15) is 36.8 Å². The third-order valence-electron chi connectivity index (χ3n) is 4.02. The van der Waals surface area contributed by atoms with Crippen molar-refractivity contribution in [3.8, 4) is 0 Å². The Hall–Kier alpha value is -2.63. The summed E-state index contributed by atoms with van der Waals surface area (Å²) in [5.74, 6) is 0. The van der Waals surface area contributed by atoms with Crippen molar-refractivity contribution < 1.29 is 31.6 Å². The molecule has 1 heterocycles. The van der Waals surface area contributed by atoms with Crippen molar-refractivity contribution in [3.05, 3.63) is 68.9 Å². The summed E-state index contributed by atoms with van der Waals surface area (Å²) in [4.78, 5) is 9.67. The molecule has 0 aliphatic carbocycles. The van der Waals surface area contributed by atoms with Crippen LogP contribution in [0.15, 0.2) is 47.5 Å². The second kappa shape index (κ2) is 6.76. The first-order valence-corrected chi connectivity index (χ1v) is 9.30. The van der Waals surface area contributed by atoms with Gasteiger partial charge in [-0.15, -0.1) is 0 Å². The van der Waals surface area contributed by atoms with Gasteiger partial charge in [0.25, 0.3) is 15.7 Å². The number of nitro benzene ring substituents is 1. The molecular weight excluding hydrogens is 425 g/mol. The third-order valence-corrected chi connectivity index (χ3v) is 6.01. The van der Waals surface area contributed by atoms with Crippen molar-refractivity contribution in [2.75, 3.05) is 0 Å². The van der Waals surface area contributed by atoms with Crippen LogP contribution < -0.4 is 0 Å². The fourth-order valence-electron chi connectivity index (χ4n) is 2.67. The lowest BCUT2D eigenvalue weighted by Gasteiger charge is -2.09. The van der Waals surface area contributed by atoms with Gasteiger partial charge in [0.15, 0.2) is 0 Å². The lowest BCUT2D eigenvalue weighted by Crippen LogP contribution is -2.12. The Bertz CT molecular complexity index is 1200. The number of halogens is 4. The van der Waals surface area contributed by atoms with Crippen LogP contribution >= 0.6 is 11.6 Å². The smallest absolute Gasteiger partial charge is 0.392 e. The van der Waals surface area contributed by atoms with Gasteiger partial charge in [-0.2, -0.15) is 13.2 Å². The van der Waals surface area contributed by atoms with Gasteiger partial charge in [0.1, 0.15) is 5.02 Å². The molecule has 28 heavy (non-hydrogen) atoms. The van der Waals surface area contributed by atoms with E-state index in [-0.39, 0.29) is 21.5 Å². The van der Waals surface area contributed by atoms with Crippen molar-refractivity contribution in [2.45, 2.75) is 17.7 Å². The van der Waals surface area contributed by atoms with E-state index in [1.165, 1.54) is 0 Å². The summed E-state index contributed by atoms with van der Waals surface area (Å²) >= 11 is 5.69. The van der Waals surface area contributed by atoms with Crippen LogP contribution in [0.3, 0.4) is 0 Å². The molecule has 3 rings (SSSR count). The van der Waals surface area contributed by atoms with Crippen LogP contribution in [0.25, 0.3) is 10.9 Å². The molecule has 0 saturated carbocycles. The van der Waals surface area contributed by atoms with E-state index in [1.54, 1.807) is 0 Å². The number of nitrogens with zero attached hydrogens (tertiary/aromatic N) is 2. The highest BCUT2D eigenvalue weighted by atomic mass is 35.5. The fourth-order valence-corrected chi connectivity index (χ4v) is 4.27. The topological polar surface area (TPSA) is 102 Å². The average Bonchev–Trinajstić information content (AvgIpc) is 2.99. The number of hydrogen-bond donors (Lipinski definition) is 1. The highest BCUT2D eigenvalue weighted by molar-refractivity contribution is 7.90. The van der Waals surface area contributed by atoms with Gasteiger partial charge in [-0.1, -0.05) is 11.6 Å². The second-order valence-corrected chi connectivity index (χ2v) is 7.94. The standard InChI is InChI=1S/C16H10ClF3N2O5S/c17-13-3-2-11(6-15(13)22(24)25)28(26,27)21-7-9(8-23)12-5-10(16(18,19)20)1-4-14(12)21/h1-7,23H,8H2. The monoisotopic (exact) mass is 434 g/mol. The van der Waals surface area contributed by atoms with E-state index < -0.39 is 43.9 Å². The zero-order valence-corrected chi connectivity index (χ0v) is 15.2. The highest BCUT2D eigenvalue weighted by Crippen LogP contribution is 2.35. The van der Waals surface area contributed by atoms with Crippen molar-refractivity contribution in [1.82, 2.24) is 3.97 Å².